The van der Waals surface area contributed by atoms with Crippen molar-refractivity contribution in [2.75, 3.05) is 13.6 Å². The number of aliphatic hydroxyl groups is 1. The fourth-order valence-electron chi connectivity index (χ4n) is 5.01. The number of unbranched alkanes of at least 4 members (excludes halogenated alkanes) is 1. The van der Waals surface area contributed by atoms with Gasteiger partial charge in [0.2, 0.25) is 5.91 Å². The van der Waals surface area contributed by atoms with Crippen molar-refractivity contribution >= 4 is 28.5 Å². The highest BCUT2D eigenvalue weighted by Gasteiger charge is 2.48. The molecule has 0 saturated heterocycles. The lowest BCUT2D eigenvalue weighted by atomic mass is 9.81. The molecule has 1 heterocycles. The molecule has 3 aromatic rings. The van der Waals surface area contributed by atoms with Gasteiger partial charge in [-0.25, -0.2) is 0 Å². The second-order valence-electron chi connectivity index (χ2n) is 10.2. The monoisotopic (exact) mass is 519 g/mol. The van der Waals surface area contributed by atoms with Gasteiger partial charge in [-0.2, -0.15) is 0 Å². The molecule has 3 N–H and O–H groups in total. The third-order valence-electron chi connectivity index (χ3n) is 7.17. The van der Waals surface area contributed by atoms with E-state index in [1.54, 1.807) is 37.4 Å². The highest BCUT2D eigenvalue weighted by molar-refractivity contribution is 6.19. The lowest BCUT2D eigenvalue weighted by molar-refractivity contribution is -0.139. The van der Waals surface area contributed by atoms with Gasteiger partial charge in [0.1, 0.15) is 0 Å². The number of fused-ring (bicyclic) bond motifs is 1. The number of nitrogens with zero attached hydrogens (tertiary/aromatic N) is 1. The van der Waals surface area contributed by atoms with Crippen LogP contribution in [0.2, 0.25) is 0 Å². The number of aryl methyl sites for hydroxylation is 1. The zero-order chi connectivity index (χ0) is 27.7. The van der Waals surface area contributed by atoms with Gasteiger partial charge in [-0.05, 0) is 44.2 Å². The quantitative estimate of drug-likeness (QED) is 0.207. The average molecular weight is 520 g/mol. The van der Waals surface area contributed by atoms with Crippen LogP contribution in [0.5, 0.6) is 0 Å². The van der Waals surface area contributed by atoms with Crippen molar-refractivity contribution in [2.24, 2.45) is 0 Å². The topological polar surface area (TPSA) is 102 Å². The molecule has 3 rings (SSSR count). The van der Waals surface area contributed by atoms with E-state index in [9.17, 15) is 19.5 Å². The molecule has 0 aliphatic carbocycles. The van der Waals surface area contributed by atoms with E-state index in [0.717, 1.165) is 41.4 Å². The van der Waals surface area contributed by atoms with Crippen molar-refractivity contribution < 1.29 is 19.5 Å². The molecule has 0 bridgehead atoms. The molecule has 2 aromatic carbocycles. The number of aromatic amines is 1. The molecule has 38 heavy (non-hydrogen) atoms. The van der Waals surface area contributed by atoms with Gasteiger partial charge in [-0.1, -0.05) is 75.2 Å². The van der Waals surface area contributed by atoms with Crippen molar-refractivity contribution in [1.29, 1.82) is 0 Å². The number of amides is 2. The molecule has 204 valence electrons. The number of rotatable bonds is 14. The van der Waals surface area contributed by atoms with Gasteiger partial charge in [0.05, 0.1) is 12.5 Å². The molecule has 2 amide bonds. The Bertz CT molecular complexity index is 1240. The fraction of sp³-hybridized carbons (Fsp3) is 0.452. The first kappa shape index (κ1) is 29.1. The van der Waals surface area contributed by atoms with Crippen LogP contribution < -0.4 is 5.32 Å². The van der Waals surface area contributed by atoms with Gasteiger partial charge in [-0.3, -0.25) is 14.4 Å². The van der Waals surface area contributed by atoms with Crippen molar-refractivity contribution in [1.82, 2.24) is 15.2 Å². The SMILES string of the molecule is CCCCN(C)C(=O)C(CCC(O)CCC)(NC(=O)Cc1c(C)[nH]c2ccccc12)C(=O)c1ccccc1. The summed E-state index contributed by atoms with van der Waals surface area (Å²) < 4.78 is 0. The first-order valence-corrected chi connectivity index (χ1v) is 13.6. The maximum absolute atomic E-state index is 14.1. The smallest absolute Gasteiger partial charge is 0.256 e. The Hall–Kier alpha value is -3.45. The van der Waals surface area contributed by atoms with Crippen LogP contribution in [-0.2, 0) is 16.0 Å². The van der Waals surface area contributed by atoms with Crippen LogP contribution in [0, 0.1) is 6.92 Å². The summed E-state index contributed by atoms with van der Waals surface area (Å²) in [6.45, 7) is 6.39. The van der Waals surface area contributed by atoms with Crippen LogP contribution in [0.15, 0.2) is 54.6 Å². The molecule has 7 heteroatoms. The summed E-state index contributed by atoms with van der Waals surface area (Å²) in [5.41, 5.74) is 1.15. The Balaban J connectivity index is 2.03. The molecule has 0 saturated carbocycles. The Kier molecular flexibility index (Phi) is 10.2. The van der Waals surface area contributed by atoms with Gasteiger partial charge in [0.15, 0.2) is 11.3 Å². The number of likely N-dealkylation sites (N-methyl/N-ethyl adjacent to an activating group) is 1. The summed E-state index contributed by atoms with van der Waals surface area (Å²) in [5.74, 6) is -1.32. The predicted molar refractivity (Wildman–Crippen MR) is 151 cm³/mol. The second kappa shape index (κ2) is 13.4. The highest BCUT2D eigenvalue weighted by Crippen LogP contribution is 2.27. The number of para-hydroxylation sites is 1. The largest absolute Gasteiger partial charge is 0.393 e. The lowest BCUT2D eigenvalue weighted by Crippen LogP contribution is -2.64. The van der Waals surface area contributed by atoms with Gasteiger partial charge in [0, 0.05) is 35.8 Å². The number of Topliss-reactive ketones (excluding diaryl/α,β-unsaturated/α-hetero) is 1. The minimum atomic E-state index is -1.82. The van der Waals surface area contributed by atoms with E-state index in [1.807, 2.05) is 45.0 Å². The Morgan fingerprint density at radius 3 is 2.37 bits per heavy atom. The van der Waals surface area contributed by atoms with E-state index in [2.05, 4.69) is 10.3 Å². The highest BCUT2D eigenvalue weighted by atomic mass is 16.3. The Morgan fingerprint density at radius 2 is 1.68 bits per heavy atom. The first-order valence-electron chi connectivity index (χ1n) is 13.6. The summed E-state index contributed by atoms with van der Waals surface area (Å²) in [6.07, 6.45) is 2.56. The van der Waals surface area contributed by atoms with Crippen LogP contribution in [0.1, 0.15) is 74.0 Å². The average Bonchev–Trinajstić information content (AvgIpc) is 3.24. The van der Waals surface area contributed by atoms with Gasteiger partial charge in [-0.15, -0.1) is 0 Å². The van der Waals surface area contributed by atoms with E-state index < -0.39 is 29.2 Å². The standard InChI is InChI=1S/C31H41N3O4/c1-5-7-20-34(4)30(38)31(19-18-24(35)13-6-2,29(37)23-14-9-8-10-15-23)33-28(36)21-26-22(3)32-27-17-12-11-16-25(26)27/h8-12,14-17,24,32,35H,5-7,13,18-21H2,1-4H3,(H,33,36). The first-order chi connectivity index (χ1) is 18.2. The van der Waals surface area contributed by atoms with E-state index in [0.29, 0.717) is 18.5 Å². The Morgan fingerprint density at radius 1 is 1.00 bits per heavy atom. The van der Waals surface area contributed by atoms with E-state index >= 15 is 0 Å². The number of benzene rings is 2. The van der Waals surface area contributed by atoms with Crippen LogP contribution in [0.3, 0.4) is 0 Å². The lowest BCUT2D eigenvalue weighted by Gasteiger charge is -2.36. The third kappa shape index (κ3) is 6.70. The van der Waals surface area contributed by atoms with Crippen molar-refractivity contribution in [2.45, 2.75) is 77.4 Å². The zero-order valence-corrected chi connectivity index (χ0v) is 23.0. The molecule has 0 aliphatic heterocycles. The summed E-state index contributed by atoms with van der Waals surface area (Å²) >= 11 is 0. The molecule has 0 aliphatic rings. The number of hydrogen-bond donors (Lipinski definition) is 3. The molecule has 0 radical (unpaired) electrons. The zero-order valence-electron chi connectivity index (χ0n) is 23.0. The summed E-state index contributed by atoms with van der Waals surface area (Å²) in [7, 11) is 1.67. The van der Waals surface area contributed by atoms with Gasteiger partial charge < -0.3 is 20.3 Å². The minimum Gasteiger partial charge on any atom is -0.393 e. The number of hydrogen-bond acceptors (Lipinski definition) is 4. The van der Waals surface area contributed by atoms with Gasteiger partial charge >= 0.3 is 0 Å². The normalized spacial score (nSPS) is 13.6. The molecule has 1 aromatic heterocycles. The number of ketones is 1. The number of carbonyl (C=O) groups excluding carboxylic acids is 3. The maximum Gasteiger partial charge on any atom is 0.256 e. The van der Waals surface area contributed by atoms with E-state index in [1.165, 1.54) is 4.90 Å². The molecule has 7 nitrogen and oxygen atoms in total. The fourth-order valence-corrected chi connectivity index (χ4v) is 5.01. The van der Waals surface area contributed by atoms with Crippen molar-refractivity contribution in [3.63, 3.8) is 0 Å². The third-order valence-corrected chi connectivity index (χ3v) is 7.17. The Labute approximate surface area is 225 Å². The summed E-state index contributed by atoms with van der Waals surface area (Å²) in [4.78, 5) is 46.7. The molecular weight excluding hydrogens is 478 g/mol. The summed E-state index contributed by atoms with van der Waals surface area (Å²) in [6, 6.07) is 16.4. The van der Waals surface area contributed by atoms with Crippen LogP contribution >= 0.6 is 0 Å². The van der Waals surface area contributed by atoms with Crippen LogP contribution in [0.25, 0.3) is 10.9 Å². The minimum absolute atomic E-state index is 0.00972. The van der Waals surface area contributed by atoms with Gasteiger partial charge in [0.25, 0.3) is 5.91 Å². The maximum atomic E-state index is 14.1. The number of H-pyrrole nitrogens is 1. The van der Waals surface area contributed by atoms with Crippen molar-refractivity contribution in [3.8, 4) is 0 Å². The number of aliphatic hydroxyl groups excluding tert-OH is 1. The number of carbonyl (C=O) groups is 3. The second-order valence-corrected chi connectivity index (χ2v) is 10.2. The summed E-state index contributed by atoms with van der Waals surface area (Å²) in [5, 5.41) is 14.4. The molecule has 2 unspecified atom stereocenters. The van der Waals surface area contributed by atoms with Crippen LogP contribution in [0.4, 0.5) is 0 Å². The molecule has 0 fully saturated rings. The van der Waals surface area contributed by atoms with Crippen LogP contribution in [-0.4, -0.2) is 57.8 Å². The predicted octanol–water partition coefficient (Wildman–Crippen LogP) is 4.96. The molecular formula is C31H41N3O4. The molecule has 2 atom stereocenters. The van der Waals surface area contributed by atoms with E-state index in [4.69, 9.17) is 0 Å². The van der Waals surface area contributed by atoms with E-state index in [-0.39, 0.29) is 19.3 Å². The number of nitrogens with one attached hydrogen (secondary N) is 2. The number of aromatic nitrogens is 1. The van der Waals surface area contributed by atoms with Crippen molar-refractivity contribution in [3.05, 3.63) is 71.4 Å². The molecule has 0 spiro atoms.